The number of amides is 3. The second-order valence-corrected chi connectivity index (χ2v) is 8.14. The molecule has 1 fully saturated rings. The van der Waals surface area contributed by atoms with Gasteiger partial charge in [0.25, 0.3) is 0 Å². The Bertz CT molecular complexity index is 740. The van der Waals surface area contributed by atoms with E-state index in [-0.39, 0.29) is 17.4 Å². The molecule has 0 saturated carbocycles. The van der Waals surface area contributed by atoms with Gasteiger partial charge in [0.05, 0.1) is 5.69 Å². The lowest BCUT2D eigenvalue weighted by molar-refractivity contribution is -0.136. The summed E-state index contributed by atoms with van der Waals surface area (Å²) in [4.78, 5) is 36.5. The summed E-state index contributed by atoms with van der Waals surface area (Å²) in [5.41, 5.74) is 0.509. The van der Waals surface area contributed by atoms with Crippen LogP contribution in [0.25, 0.3) is 0 Å². The average Bonchev–Trinajstić information content (AvgIpc) is 3.00. The van der Waals surface area contributed by atoms with Gasteiger partial charge in [-0.15, -0.1) is 0 Å². The van der Waals surface area contributed by atoms with Crippen molar-refractivity contribution in [3.63, 3.8) is 0 Å². The first-order valence-electron chi connectivity index (χ1n) is 9.90. The summed E-state index contributed by atoms with van der Waals surface area (Å²) in [6.07, 6.45) is 0.348. The Morgan fingerprint density at radius 2 is 2.07 bits per heavy atom. The molecule has 1 aliphatic heterocycles. The Morgan fingerprint density at radius 1 is 1.34 bits per heavy atom. The highest BCUT2D eigenvalue weighted by Gasteiger charge is 2.35. The molecule has 0 radical (unpaired) electrons. The third-order valence-corrected chi connectivity index (χ3v) is 4.60. The first-order chi connectivity index (χ1) is 13.6. The number of hydrogen-bond donors (Lipinski definition) is 4. The SMILES string of the molecule is CCOCCCNC(=O)C(=O)Nc1cc(C)nn1C1NC(=O)CC(C(C)(C)C)N1. The number of aryl methyl sites for hydroxylation is 1. The fourth-order valence-electron chi connectivity index (χ4n) is 2.96. The highest BCUT2D eigenvalue weighted by molar-refractivity contribution is 6.39. The molecule has 29 heavy (non-hydrogen) atoms. The van der Waals surface area contributed by atoms with E-state index in [9.17, 15) is 14.4 Å². The molecule has 2 heterocycles. The molecule has 3 amide bonds. The fourth-order valence-corrected chi connectivity index (χ4v) is 2.96. The van der Waals surface area contributed by atoms with Crippen LogP contribution < -0.4 is 21.3 Å². The molecule has 2 unspecified atom stereocenters. The molecular weight excluding hydrogens is 376 g/mol. The molecule has 4 N–H and O–H groups in total. The number of nitrogens with zero attached hydrogens (tertiary/aromatic N) is 2. The van der Waals surface area contributed by atoms with Crippen LogP contribution in [0, 0.1) is 12.3 Å². The van der Waals surface area contributed by atoms with Gasteiger partial charge in [-0.2, -0.15) is 5.10 Å². The fraction of sp³-hybridized carbons (Fsp3) is 0.684. The molecular formula is C19H32N6O4. The second kappa shape index (κ2) is 9.84. The zero-order chi connectivity index (χ0) is 21.6. The average molecular weight is 409 g/mol. The molecule has 10 nitrogen and oxygen atoms in total. The number of hydrogen-bond acceptors (Lipinski definition) is 6. The van der Waals surface area contributed by atoms with E-state index >= 15 is 0 Å². The van der Waals surface area contributed by atoms with Crippen molar-refractivity contribution < 1.29 is 19.1 Å². The molecule has 0 bridgehead atoms. The number of anilines is 1. The third kappa shape index (κ3) is 6.53. The normalized spacial score (nSPS) is 19.6. The van der Waals surface area contributed by atoms with E-state index in [1.807, 2.05) is 27.7 Å². The largest absolute Gasteiger partial charge is 0.382 e. The topological polar surface area (TPSA) is 126 Å². The van der Waals surface area contributed by atoms with Crippen LogP contribution >= 0.6 is 0 Å². The van der Waals surface area contributed by atoms with Crippen LogP contribution in [0.4, 0.5) is 5.82 Å². The lowest BCUT2D eigenvalue weighted by Gasteiger charge is -2.39. The van der Waals surface area contributed by atoms with Crippen molar-refractivity contribution in [1.82, 2.24) is 25.7 Å². The molecule has 162 valence electrons. The Labute approximate surface area is 171 Å². The van der Waals surface area contributed by atoms with Crippen LogP contribution in [0.15, 0.2) is 6.07 Å². The zero-order valence-electron chi connectivity index (χ0n) is 17.8. The van der Waals surface area contributed by atoms with E-state index in [1.165, 1.54) is 4.68 Å². The van der Waals surface area contributed by atoms with Crippen molar-refractivity contribution in [3.8, 4) is 0 Å². The summed E-state index contributed by atoms with van der Waals surface area (Å²) in [5, 5.41) is 15.7. The van der Waals surface area contributed by atoms with E-state index in [0.717, 1.165) is 0 Å². The minimum atomic E-state index is -0.794. The highest BCUT2D eigenvalue weighted by atomic mass is 16.5. The summed E-state index contributed by atoms with van der Waals surface area (Å²) in [6.45, 7) is 11.3. The molecule has 0 spiro atoms. The molecule has 1 aromatic heterocycles. The first-order valence-corrected chi connectivity index (χ1v) is 9.90. The predicted molar refractivity (Wildman–Crippen MR) is 108 cm³/mol. The van der Waals surface area contributed by atoms with Gasteiger partial charge in [-0.1, -0.05) is 20.8 Å². The predicted octanol–water partition coefficient (Wildman–Crippen LogP) is 0.653. The van der Waals surface area contributed by atoms with Gasteiger partial charge in [0.1, 0.15) is 5.82 Å². The van der Waals surface area contributed by atoms with Crippen molar-refractivity contribution in [1.29, 1.82) is 0 Å². The Hall–Kier alpha value is -2.46. The first kappa shape index (κ1) is 22.8. The lowest BCUT2D eigenvalue weighted by Crippen LogP contribution is -2.57. The number of rotatable bonds is 7. The van der Waals surface area contributed by atoms with Crippen molar-refractivity contribution in [2.45, 2.75) is 59.8 Å². The van der Waals surface area contributed by atoms with Gasteiger partial charge in [0, 0.05) is 38.3 Å². The van der Waals surface area contributed by atoms with Crippen molar-refractivity contribution in [2.75, 3.05) is 25.1 Å². The van der Waals surface area contributed by atoms with Crippen LogP contribution in [0.1, 0.15) is 52.5 Å². The van der Waals surface area contributed by atoms with E-state index in [1.54, 1.807) is 13.0 Å². The minimum Gasteiger partial charge on any atom is -0.382 e. The van der Waals surface area contributed by atoms with Crippen LogP contribution in [0.2, 0.25) is 0 Å². The van der Waals surface area contributed by atoms with Crippen LogP contribution in [0.3, 0.4) is 0 Å². The van der Waals surface area contributed by atoms with Crippen molar-refractivity contribution in [2.24, 2.45) is 5.41 Å². The molecule has 1 aliphatic rings. The molecule has 0 aromatic carbocycles. The van der Waals surface area contributed by atoms with Gasteiger partial charge >= 0.3 is 11.8 Å². The molecule has 0 aliphatic carbocycles. The van der Waals surface area contributed by atoms with E-state index < -0.39 is 18.1 Å². The third-order valence-electron chi connectivity index (χ3n) is 4.60. The lowest BCUT2D eigenvalue weighted by atomic mass is 9.84. The molecule has 1 saturated heterocycles. The minimum absolute atomic E-state index is 0.0667. The van der Waals surface area contributed by atoms with Gasteiger partial charge in [0.15, 0.2) is 6.29 Å². The van der Waals surface area contributed by atoms with Gasteiger partial charge in [0.2, 0.25) is 5.91 Å². The van der Waals surface area contributed by atoms with Gasteiger partial charge in [-0.3, -0.25) is 19.7 Å². The van der Waals surface area contributed by atoms with E-state index in [4.69, 9.17) is 4.74 Å². The van der Waals surface area contributed by atoms with Crippen molar-refractivity contribution >= 4 is 23.5 Å². The van der Waals surface area contributed by atoms with E-state index in [2.05, 4.69) is 26.4 Å². The second-order valence-electron chi connectivity index (χ2n) is 8.14. The zero-order valence-corrected chi connectivity index (χ0v) is 17.8. The molecule has 1 aromatic rings. The number of aromatic nitrogens is 2. The van der Waals surface area contributed by atoms with Gasteiger partial charge in [-0.05, 0) is 25.7 Å². The Morgan fingerprint density at radius 3 is 2.72 bits per heavy atom. The maximum absolute atomic E-state index is 12.3. The van der Waals surface area contributed by atoms with Crippen LogP contribution in [-0.4, -0.2) is 53.3 Å². The summed E-state index contributed by atoms with van der Waals surface area (Å²) < 4.78 is 6.67. The Balaban J connectivity index is 2.03. The van der Waals surface area contributed by atoms with Crippen LogP contribution in [-0.2, 0) is 19.1 Å². The van der Waals surface area contributed by atoms with E-state index in [0.29, 0.717) is 44.1 Å². The maximum Gasteiger partial charge on any atom is 0.314 e. The Kier molecular flexibility index (Phi) is 7.74. The number of nitrogens with one attached hydrogen (secondary N) is 4. The molecule has 2 rings (SSSR count). The van der Waals surface area contributed by atoms with Gasteiger partial charge < -0.3 is 20.7 Å². The number of carbonyl (C=O) groups excluding carboxylic acids is 3. The molecule has 2 atom stereocenters. The van der Waals surface area contributed by atoms with Crippen molar-refractivity contribution in [3.05, 3.63) is 11.8 Å². The van der Waals surface area contributed by atoms with Crippen LogP contribution in [0.5, 0.6) is 0 Å². The maximum atomic E-state index is 12.3. The smallest absolute Gasteiger partial charge is 0.314 e. The quantitative estimate of drug-likeness (QED) is 0.388. The van der Waals surface area contributed by atoms with Gasteiger partial charge in [-0.25, -0.2) is 4.68 Å². The summed E-state index contributed by atoms with van der Waals surface area (Å²) >= 11 is 0. The number of ether oxygens (including phenoxy) is 1. The summed E-state index contributed by atoms with van der Waals surface area (Å²) in [6, 6.07) is 1.58. The standard InChI is InChI=1S/C19H32N6O4/c1-6-29-9-7-8-20-16(27)17(28)22-14-10-12(2)24-25(14)18-21-13(19(3,4)5)11-15(26)23-18/h10,13,18,21H,6-9,11H2,1-5H3,(H,20,27)(H,22,28)(H,23,26). The molecule has 10 heteroatoms. The monoisotopic (exact) mass is 408 g/mol. The summed E-state index contributed by atoms with van der Waals surface area (Å²) in [7, 11) is 0. The number of carbonyl (C=O) groups is 3. The highest BCUT2D eigenvalue weighted by Crippen LogP contribution is 2.26. The summed E-state index contributed by atoms with van der Waals surface area (Å²) in [5.74, 6) is -1.31.